The van der Waals surface area contributed by atoms with Gasteiger partial charge >= 0.3 is 12.0 Å². The SMILES string of the molecule is CC(C)(C(=O)O)c1ccc(NC(N)=O)cc1. The largest absolute Gasteiger partial charge is 0.481 e. The minimum atomic E-state index is -0.953. The van der Waals surface area contributed by atoms with Crippen molar-refractivity contribution in [3.8, 4) is 0 Å². The first-order valence-corrected chi connectivity index (χ1v) is 4.74. The van der Waals surface area contributed by atoms with Crippen LogP contribution in [0.5, 0.6) is 0 Å². The summed E-state index contributed by atoms with van der Waals surface area (Å²) in [6.07, 6.45) is 0. The summed E-state index contributed by atoms with van der Waals surface area (Å²) >= 11 is 0. The topological polar surface area (TPSA) is 92.4 Å². The lowest BCUT2D eigenvalue weighted by atomic mass is 9.85. The summed E-state index contributed by atoms with van der Waals surface area (Å²) in [6.45, 7) is 3.23. The van der Waals surface area contributed by atoms with E-state index in [2.05, 4.69) is 5.32 Å². The van der Waals surface area contributed by atoms with E-state index in [4.69, 9.17) is 10.8 Å². The number of carbonyl (C=O) groups is 2. The quantitative estimate of drug-likeness (QED) is 0.724. The van der Waals surface area contributed by atoms with Gasteiger partial charge in [-0.05, 0) is 31.5 Å². The summed E-state index contributed by atoms with van der Waals surface area (Å²) in [5.41, 5.74) is 5.20. The van der Waals surface area contributed by atoms with E-state index in [1.54, 1.807) is 38.1 Å². The average molecular weight is 222 g/mol. The maximum atomic E-state index is 11.0. The van der Waals surface area contributed by atoms with Crippen LogP contribution in [-0.2, 0) is 10.2 Å². The highest BCUT2D eigenvalue weighted by Gasteiger charge is 2.29. The average Bonchev–Trinajstić information content (AvgIpc) is 2.17. The number of aliphatic carboxylic acids is 1. The number of carboxylic acids is 1. The van der Waals surface area contributed by atoms with Crippen LogP contribution in [0, 0.1) is 0 Å². The second-order valence-electron chi connectivity index (χ2n) is 4.00. The molecule has 0 saturated carbocycles. The van der Waals surface area contributed by atoms with Crippen LogP contribution in [0.2, 0.25) is 0 Å². The van der Waals surface area contributed by atoms with E-state index in [1.165, 1.54) is 0 Å². The van der Waals surface area contributed by atoms with Crippen molar-refractivity contribution in [2.45, 2.75) is 19.3 Å². The molecule has 0 aromatic heterocycles. The van der Waals surface area contributed by atoms with Crippen molar-refractivity contribution in [1.82, 2.24) is 0 Å². The Morgan fingerprint density at radius 1 is 1.25 bits per heavy atom. The monoisotopic (exact) mass is 222 g/mol. The molecule has 0 aliphatic heterocycles. The van der Waals surface area contributed by atoms with Gasteiger partial charge in [-0.2, -0.15) is 0 Å². The molecule has 1 aromatic carbocycles. The minimum Gasteiger partial charge on any atom is -0.481 e. The van der Waals surface area contributed by atoms with Gasteiger partial charge in [0.15, 0.2) is 0 Å². The minimum absolute atomic E-state index is 0.539. The van der Waals surface area contributed by atoms with Gasteiger partial charge in [0, 0.05) is 5.69 Å². The molecule has 5 heteroatoms. The zero-order valence-corrected chi connectivity index (χ0v) is 9.15. The molecule has 2 amide bonds. The molecule has 0 unspecified atom stereocenters. The molecule has 0 heterocycles. The van der Waals surface area contributed by atoms with Crippen LogP contribution in [0.3, 0.4) is 0 Å². The summed E-state index contributed by atoms with van der Waals surface area (Å²) in [5.74, 6) is -0.900. The molecule has 0 aliphatic rings. The fourth-order valence-corrected chi connectivity index (χ4v) is 1.24. The fourth-order valence-electron chi connectivity index (χ4n) is 1.24. The highest BCUT2D eigenvalue weighted by Crippen LogP contribution is 2.24. The van der Waals surface area contributed by atoms with Crippen molar-refractivity contribution < 1.29 is 14.7 Å². The number of nitrogens with two attached hydrogens (primary N) is 1. The Labute approximate surface area is 93.3 Å². The number of urea groups is 1. The third-order valence-corrected chi connectivity index (χ3v) is 2.41. The normalized spacial score (nSPS) is 10.9. The molecular weight excluding hydrogens is 208 g/mol. The van der Waals surface area contributed by atoms with Crippen molar-refractivity contribution in [3.63, 3.8) is 0 Å². The molecule has 4 N–H and O–H groups in total. The van der Waals surface area contributed by atoms with E-state index in [0.29, 0.717) is 11.3 Å². The van der Waals surface area contributed by atoms with Gasteiger partial charge in [0.25, 0.3) is 0 Å². The zero-order chi connectivity index (χ0) is 12.3. The first-order chi connectivity index (χ1) is 7.34. The van der Waals surface area contributed by atoms with Crippen LogP contribution in [0.25, 0.3) is 0 Å². The summed E-state index contributed by atoms with van der Waals surface area (Å²) in [6, 6.07) is 5.89. The molecule has 1 rings (SSSR count). The standard InChI is InChI=1S/C11H14N2O3/c1-11(2,9(14)15)7-3-5-8(6-4-7)13-10(12)16/h3-6H,1-2H3,(H,14,15)(H3,12,13,16). The fraction of sp³-hybridized carbons (Fsp3) is 0.273. The second kappa shape index (κ2) is 4.22. The number of anilines is 1. The molecule has 86 valence electrons. The first-order valence-electron chi connectivity index (χ1n) is 4.74. The van der Waals surface area contributed by atoms with Crippen molar-refractivity contribution >= 4 is 17.7 Å². The van der Waals surface area contributed by atoms with Crippen molar-refractivity contribution in [1.29, 1.82) is 0 Å². The predicted octanol–water partition coefficient (Wildman–Crippen LogP) is 1.54. The maximum absolute atomic E-state index is 11.0. The lowest BCUT2D eigenvalue weighted by Gasteiger charge is -2.19. The highest BCUT2D eigenvalue weighted by atomic mass is 16.4. The maximum Gasteiger partial charge on any atom is 0.316 e. The van der Waals surface area contributed by atoms with Crippen LogP contribution >= 0.6 is 0 Å². The molecule has 0 spiro atoms. The lowest BCUT2D eigenvalue weighted by molar-refractivity contribution is -0.142. The third kappa shape index (κ3) is 2.50. The van der Waals surface area contributed by atoms with Crippen molar-refractivity contribution in [2.24, 2.45) is 5.73 Å². The summed E-state index contributed by atoms with van der Waals surface area (Å²) < 4.78 is 0. The molecule has 16 heavy (non-hydrogen) atoms. The van der Waals surface area contributed by atoms with E-state index >= 15 is 0 Å². The number of carboxylic acid groups (broad SMARTS) is 1. The molecule has 0 atom stereocenters. The van der Waals surface area contributed by atoms with E-state index in [0.717, 1.165) is 0 Å². The van der Waals surface area contributed by atoms with Gasteiger partial charge in [0.2, 0.25) is 0 Å². The Kier molecular flexibility index (Phi) is 3.17. The van der Waals surface area contributed by atoms with Gasteiger partial charge < -0.3 is 16.2 Å². The number of benzene rings is 1. The van der Waals surface area contributed by atoms with Crippen LogP contribution in [0.4, 0.5) is 10.5 Å². The Morgan fingerprint density at radius 3 is 2.12 bits per heavy atom. The molecular formula is C11H14N2O3. The summed E-state index contributed by atoms with van der Waals surface area (Å²) in [4.78, 5) is 21.6. The number of amides is 2. The Morgan fingerprint density at radius 2 is 1.75 bits per heavy atom. The van der Waals surface area contributed by atoms with E-state index in [9.17, 15) is 9.59 Å². The number of nitrogens with one attached hydrogen (secondary N) is 1. The Bertz CT molecular complexity index is 410. The number of carbonyl (C=O) groups excluding carboxylic acids is 1. The van der Waals surface area contributed by atoms with Crippen LogP contribution in [0.15, 0.2) is 24.3 Å². The first kappa shape index (κ1) is 12.0. The number of hydrogen-bond donors (Lipinski definition) is 3. The molecule has 0 saturated heterocycles. The van der Waals surface area contributed by atoms with Crippen LogP contribution in [0.1, 0.15) is 19.4 Å². The Hall–Kier alpha value is -2.04. The van der Waals surface area contributed by atoms with Crippen molar-refractivity contribution in [2.75, 3.05) is 5.32 Å². The molecule has 0 bridgehead atoms. The van der Waals surface area contributed by atoms with Gasteiger partial charge in [0.1, 0.15) is 0 Å². The van der Waals surface area contributed by atoms with Crippen LogP contribution in [-0.4, -0.2) is 17.1 Å². The number of rotatable bonds is 3. The van der Waals surface area contributed by atoms with Gasteiger partial charge in [0.05, 0.1) is 5.41 Å². The van der Waals surface area contributed by atoms with Gasteiger partial charge in [-0.25, -0.2) is 4.79 Å². The van der Waals surface area contributed by atoms with E-state index in [1.807, 2.05) is 0 Å². The van der Waals surface area contributed by atoms with E-state index < -0.39 is 17.4 Å². The van der Waals surface area contributed by atoms with Crippen LogP contribution < -0.4 is 11.1 Å². The van der Waals surface area contributed by atoms with Gasteiger partial charge in [-0.15, -0.1) is 0 Å². The third-order valence-electron chi connectivity index (χ3n) is 2.41. The predicted molar refractivity (Wildman–Crippen MR) is 60.3 cm³/mol. The second-order valence-corrected chi connectivity index (χ2v) is 4.00. The highest BCUT2D eigenvalue weighted by molar-refractivity contribution is 5.88. The molecule has 0 aliphatic carbocycles. The summed E-state index contributed by atoms with van der Waals surface area (Å²) in [5, 5.41) is 11.4. The smallest absolute Gasteiger partial charge is 0.316 e. The Balaban J connectivity index is 2.95. The molecule has 5 nitrogen and oxygen atoms in total. The van der Waals surface area contributed by atoms with Gasteiger partial charge in [-0.3, -0.25) is 4.79 Å². The lowest BCUT2D eigenvalue weighted by Crippen LogP contribution is -2.28. The van der Waals surface area contributed by atoms with Crippen molar-refractivity contribution in [3.05, 3.63) is 29.8 Å². The zero-order valence-electron chi connectivity index (χ0n) is 9.15. The van der Waals surface area contributed by atoms with Gasteiger partial charge in [-0.1, -0.05) is 12.1 Å². The van der Waals surface area contributed by atoms with E-state index in [-0.39, 0.29) is 0 Å². The molecule has 0 radical (unpaired) electrons. The number of hydrogen-bond acceptors (Lipinski definition) is 2. The summed E-state index contributed by atoms with van der Waals surface area (Å²) in [7, 11) is 0. The number of primary amides is 1. The molecule has 1 aromatic rings. The molecule has 0 fully saturated rings.